The summed E-state index contributed by atoms with van der Waals surface area (Å²) in [6.07, 6.45) is 1.02. The lowest BCUT2D eigenvalue weighted by Crippen LogP contribution is -2.31. The SMILES string of the molecule is COc1ccc(NC(=O)C2=C(C)Nc3nc(CCCO)nn3C2c2cc(OC)c(OC)c(OC)c2)cc1. The summed E-state index contributed by atoms with van der Waals surface area (Å²) in [5.41, 5.74) is 2.37. The molecule has 1 aliphatic rings. The number of rotatable bonds is 10. The summed E-state index contributed by atoms with van der Waals surface area (Å²) in [7, 11) is 6.19. The first-order valence-electron chi connectivity index (χ1n) is 11.7. The molecule has 2 heterocycles. The monoisotopic (exact) mass is 509 g/mol. The number of aliphatic hydroxyl groups excluding tert-OH is 1. The average molecular weight is 510 g/mol. The van der Waals surface area contributed by atoms with Gasteiger partial charge in [0.05, 0.1) is 34.0 Å². The van der Waals surface area contributed by atoms with E-state index in [1.165, 1.54) is 21.3 Å². The van der Waals surface area contributed by atoms with Gasteiger partial charge in [-0.2, -0.15) is 10.1 Å². The minimum absolute atomic E-state index is 0.0282. The van der Waals surface area contributed by atoms with Crippen LogP contribution < -0.4 is 29.6 Å². The number of nitrogens with one attached hydrogen (secondary N) is 2. The number of hydrogen-bond donors (Lipinski definition) is 3. The van der Waals surface area contributed by atoms with Gasteiger partial charge in [-0.25, -0.2) is 4.68 Å². The Morgan fingerprint density at radius 1 is 1.05 bits per heavy atom. The summed E-state index contributed by atoms with van der Waals surface area (Å²) >= 11 is 0. The lowest BCUT2D eigenvalue weighted by atomic mass is 9.94. The molecule has 37 heavy (non-hydrogen) atoms. The second-order valence-electron chi connectivity index (χ2n) is 8.33. The number of methoxy groups -OCH3 is 4. The molecule has 0 fully saturated rings. The number of hydrogen-bond acceptors (Lipinski definition) is 9. The normalized spacial score (nSPS) is 14.5. The van der Waals surface area contributed by atoms with Gasteiger partial charge in [-0.1, -0.05) is 0 Å². The van der Waals surface area contributed by atoms with E-state index in [9.17, 15) is 9.90 Å². The molecule has 1 atom stereocenters. The van der Waals surface area contributed by atoms with Gasteiger partial charge in [0.25, 0.3) is 5.91 Å². The molecular weight excluding hydrogens is 478 g/mol. The summed E-state index contributed by atoms with van der Waals surface area (Å²) in [5.74, 6) is 2.76. The highest BCUT2D eigenvalue weighted by Gasteiger charge is 2.35. The molecule has 1 aliphatic heterocycles. The van der Waals surface area contributed by atoms with Crippen LogP contribution >= 0.6 is 0 Å². The highest BCUT2D eigenvalue weighted by Crippen LogP contribution is 2.44. The molecule has 2 aromatic carbocycles. The van der Waals surface area contributed by atoms with E-state index in [-0.39, 0.29) is 12.5 Å². The largest absolute Gasteiger partial charge is 0.497 e. The molecule has 1 aromatic heterocycles. The lowest BCUT2D eigenvalue weighted by molar-refractivity contribution is -0.113. The Morgan fingerprint density at radius 3 is 2.30 bits per heavy atom. The lowest BCUT2D eigenvalue weighted by Gasteiger charge is -2.29. The maximum Gasteiger partial charge on any atom is 0.255 e. The van der Waals surface area contributed by atoms with Crippen LogP contribution in [0.3, 0.4) is 0 Å². The average Bonchev–Trinajstić information content (AvgIpc) is 3.32. The zero-order chi connectivity index (χ0) is 26.5. The predicted octanol–water partition coefficient (Wildman–Crippen LogP) is 3.17. The van der Waals surface area contributed by atoms with Gasteiger partial charge in [-0.15, -0.1) is 0 Å². The molecule has 1 unspecified atom stereocenters. The van der Waals surface area contributed by atoms with E-state index in [2.05, 4.69) is 20.7 Å². The van der Waals surface area contributed by atoms with Crippen molar-refractivity contribution >= 4 is 17.5 Å². The van der Waals surface area contributed by atoms with Crippen molar-refractivity contribution < 1.29 is 28.8 Å². The maximum atomic E-state index is 13.7. The smallest absolute Gasteiger partial charge is 0.255 e. The van der Waals surface area contributed by atoms with Gasteiger partial charge < -0.3 is 34.7 Å². The van der Waals surface area contributed by atoms with Crippen molar-refractivity contribution in [1.29, 1.82) is 0 Å². The molecule has 3 aromatic rings. The highest BCUT2D eigenvalue weighted by molar-refractivity contribution is 6.06. The minimum atomic E-state index is -0.654. The second kappa shape index (κ2) is 11.2. The summed E-state index contributed by atoms with van der Waals surface area (Å²) in [6, 6.07) is 10.0. The number of carbonyl (C=O) groups is 1. The molecule has 1 amide bonds. The van der Waals surface area contributed by atoms with E-state index in [4.69, 9.17) is 18.9 Å². The van der Waals surface area contributed by atoms with E-state index in [0.717, 1.165) is 0 Å². The molecule has 0 aliphatic carbocycles. The molecule has 0 saturated carbocycles. The van der Waals surface area contributed by atoms with Crippen LogP contribution in [0, 0.1) is 0 Å². The number of aromatic nitrogens is 3. The van der Waals surface area contributed by atoms with E-state index in [1.807, 2.05) is 6.92 Å². The first kappa shape index (κ1) is 25.8. The van der Waals surface area contributed by atoms with Crippen LogP contribution in [0.1, 0.15) is 30.8 Å². The molecule has 0 saturated heterocycles. The number of aliphatic hydroxyl groups is 1. The molecule has 0 spiro atoms. The van der Waals surface area contributed by atoms with Crippen molar-refractivity contribution in [3.63, 3.8) is 0 Å². The highest BCUT2D eigenvalue weighted by atomic mass is 16.5. The van der Waals surface area contributed by atoms with Crippen LogP contribution in [0.2, 0.25) is 0 Å². The Kier molecular flexibility index (Phi) is 7.83. The quantitative estimate of drug-likeness (QED) is 0.377. The van der Waals surface area contributed by atoms with E-state index in [1.54, 1.807) is 48.2 Å². The molecule has 4 rings (SSSR count). The predicted molar refractivity (Wildman–Crippen MR) is 138 cm³/mol. The first-order chi connectivity index (χ1) is 17.9. The van der Waals surface area contributed by atoms with Gasteiger partial charge in [-0.3, -0.25) is 4.79 Å². The molecule has 11 heteroatoms. The Bertz CT molecular complexity index is 1280. The Hall–Kier alpha value is -4.25. The van der Waals surface area contributed by atoms with E-state index < -0.39 is 6.04 Å². The van der Waals surface area contributed by atoms with Crippen molar-refractivity contribution in [2.45, 2.75) is 25.8 Å². The fraction of sp³-hybridized carbons (Fsp3) is 0.346. The number of allylic oxidation sites excluding steroid dienone is 1. The van der Waals surface area contributed by atoms with Gasteiger partial charge in [0.1, 0.15) is 11.8 Å². The number of fused-ring (bicyclic) bond motifs is 1. The molecular formula is C26H31N5O6. The van der Waals surface area contributed by atoms with Crippen LogP contribution in [-0.2, 0) is 11.2 Å². The third-order valence-electron chi connectivity index (χ3n) is 6.05. The third-order valence-corrected chi connectivity index (χ3v) is 6.05. The fourth-order valence-corrected chi connectivity index (χ4v) is 4.27. The molecule has 3 N–H and O–H groups in total. The maximum absolute atomic E-state index is 13.7. The van der Waals surface area contributed by atoms with Gasteiger partial charge in [0.15, 0.2) is 17.3 Å². The van der Waals surface area contributed by atoms with Crippen LogP contribution in [0.5, 0.6) is 23.0 Å². The Morgan fingerprint density at radius 2 is 1.73 bits per heavy atom. The second-order valence-corrected chi connectivity index (χ2v) is 8.33. The summed E-state index contributed by atoms with van der Waals surface area (Å²) in [4.78, 5) is 18.3. The zero-order valence-electron chi connectivity index (χ0n) is 21.5. The topological polar surface area (TPSA) is 129 Å². The summed E-state index contributed by atoms with van der Waals surface area (Å²) in [6.45, 7) is 1.85. The number of anilines is 2. The van der Waals surface area contributed by atoms with Gasteiger partial charge in [0, 0.05) is 24.4 Å². The first-order valence-corrected chi connectivity index (χ1v) is 11.7. The van der Waals surface area contributed by atoms with Crippen LogP contribution in [0.25, 0.3) is 0 Å². The zero-order valence-corrected chi connectivity index (χ0v) is 21.5. The van der Waals surface area contributed by atoms with Crippen molar-refractivity contribution in [1.82, 2.24) is 14.8 Å². The molecule has 0 radical (unpaired) electrons. The van der Waals surface area contributed by atoms with Crippen LogP contribution in [-0.4, -0.2) is 60.8 Å². The molecule has 11 nitrogen and oxygen atoms in total. The number of amides is 1. The van der Waals surface area contributed by atoms with Crippen LogP contribution in [0.4, 0.5) is 11.6 Å². The minimum Gasteiger partial charge on any atom is -0.497 e. The van der Waals surface area contributed by atoms with Gasteiger partial charge >= 0.3 is 0 Å². The van der Waals surface area contributed by atoms with Crippen molar-refractivity contribution in [3.8, 4) is 23.0 Å². The Labute approximate surface area is 215 Å². The summed E-state index contributed by atoms with van der Waals surface area (Å²) < 4.78 is 23.5. The van der Waals surface area contributed by atoms with Crippen molar-refractivity contribution in [2.24, 2.45) is 0 Å². The number of nitrogens with zero attached hydrogens (tertiary/aromatic N) is 3. The summed E-state index contributed by atoms with van der Waals surface area (Å²) in [5, 5.41) is 20.1. The molecule has 0 bridgehead atoms. The number of ether oxygens (including phenoxy) is 4. The third kappa shape index (κ3) is 5.17. The van der Waals surface area contributed by atoms with Gasteiger partial charge in [-0.05, 0) is 55.3 Å². The fourth-order valence-electron chi connectivity index (χ4n) is 4.27. The van der Waals surface area contributed by atoms with E-state index in [0.29, 0.717) is 70.1 Å². The van der Waals surface area contributed by atoms with Crippen molar-refractivity contribution in [3.05, 3.63) is 59.1 Å². The number of benzene rings is 2. The van der Waals surface area contributed by atoms with E-state index >= 15 is 0 Å². The van der Waals surface area contributed by atoms with Crippen LogP contribution in [0.15, 0.2) is 47.7 Å². The Balaban J connectivity index is 1.82. The standard InChI is InChI=1S/C26H31N5O6/c1-15-22(25(33)28-17-8-10-18(34-2)11-9-17)23(31-26(27-15)29-21(30-31)7-6-12-32)16-13-19(35-3)24(37-5)20(14-16)36-4/h8-11,13-14,23,32H,6-7,12H2,1-5H3,(H,28,33)(H,27,29,30). The molecule has 196 valence electrons. The van der Waals surface area contributed by atoms with Crippen molar-refractivity contribution in [2.75, 3.05) is 45.7 Å². The number of carbonyl (C=O) groups excluding carboxylic acids is 1. The van der Waals surface area contributed by atoms with Gasteiger partial charge in [0.2, 0.25) is 11.7 Å². The number of aryl methyl sites for hydroxylation is 1.